The van der Waals surface area contributed by atoms with Crippen molar-refractivity contribution in [3.8, 4) is 0 Å². The molecule has 0 saturated heterocycles. The van der Waals surface area contributed by atoms with Crippen LogP contribution in [-0.2, 0) is 6.54 Å². The fourth-order valence-corrected chi connectivity index (χ4v) is 4.07. The highest BCUT2D eigenvalue weighted by molar-refractivity contribution is 9.10. The van der Waals surface area contributed by atoms with Crippen molar-refractivity contribution in [3.63, 3.8) is 0 Å². The van der Waals surface area contributed by atoms with Crippen molar-refractivity contribution < 1.29 is 0 Å². The molecule has 0 radical (unpaired) electrons. The second-order valence-corrected chi connectivity index (χ2v) is 7.50. The molecule has 0 bridgehead atoms. The van der Waals surface area contributed by atoms with Crippen molar-refractivity contribution in [2.24, 2.45) is 11.7 Å². The van der Waals surface area contributed by atoms with E-state index < -0.39 is 0 Å². The largest absolute Gasteiger partial charge is 0.327 e. The molecule has 1 fully saturated rings. The van der Waals surface area contributed by atoms with Crippen LogP contribution in [0, 0.1) is 5.92 Å². The first-order chi connectivity index (χ1) is 10.0. The van der Waals surface area contributed by atoms with Crippen LogP contribution in [0.1, 0.15) is 50.6 Å². The van der Waals surface area contributed by atoms with E-state index in [0.29, 0.717) is 5.92 Å². The molecule has 4 nitrogen and oxygen atoms in total. The molecule has 0 spiro atoms. The van der Waals surface area contributed by atoms with Crippen LogP contribution in [0.3, 0.4) is 0 Å². The van der Waals surface area contributed by atoms with Gasteiger partial charge in [-0.25, -0.2) is 0 Å². The Morgan fingerprint density at radius 3 is 2.86 bits per heavy atom. The Kier molecular flexibility index (Phi) is 6.26. The average Bonchev–Trinajstić information content (AvgIpc) is 2.80. The van der Waals surface area contributed by atoms with E-state index in [2.05, 4.69) is 51.6 Å². The summed E-state index contributed by atoms with van der Waals surface area (Å²) in [4.78, 5) is 2.19. The Labute approximate surface area is 137 Å². The molecule has 2 N–H and O–H groups in total. The van der Waals surface area contributed by atoms with Crippen LogP contribution in [0.15, 0.2) is 10.7 Å². The summed E-state index contributed by atoms with van der Waals surface area (Å²) in [7, 11) is 4.20. The number of rotatable bonds is 6. The minimum absolute atomic E-state index is 0.268. The third-order valence-electron chi connectivity index (χ3n) is 4.65. The van der Waals surface area contributed by atoms with Gasteiger partial charge in [0.1, 0.15) is 0 Å². The fraction of sp³-hybridized carbons (Fsp3) is 0.812. The lowest BCUT2D eigenvalue weighted by molar-refractivity contribution is 0.262. The zero-order chi connectivity index (χ0) is 15.4. The van der Waals surface area contributed by atoms with E-state index in [1.54, 1.807) is 0 Å². The normalized spacial score (nSPS) is 26.5. The van der Waals surface area contributed by atoms with Crippen LogP contribution in [0.25, 0.3) is 0 Å². The lowest BCUT2D eigenvalue weighted by Gasteiger charge is -2.34. The highest BCUT2D eigenvalue weighted by Gasteiger charge is 2.32. The van der Waals surface area contributed by atoms with Crippen molar-refractivity contribution in [1.29, 1.82) is 0 Å². The molecule has 0 aliphatic heterocycles. The maximum Gasteiger partial charge on any atom is 0.0635 e. The van der Waals surface area contributed by atoms with Gasteiger partial charge in [-0.3, -0.25) is 4.68 Å². The number of hydrogen-bond donors (Lipinski definition) is 1. The summed E-state index contributed by atoms with van der Waals surface area (Å²) in [5, 5.41) is 4.56. The molecule has 120 valence electrons. The molecule has 0 amide bonds. The highest BCUT2D eigenvalue weighted by Crippen LogP contribution is 2.39. The number of nitrogens with two attached hydrogens (primary N) is 1. The van der Waals surface area contributed by atoms with Gasteiger partial charge in [0.2, 0.25) is 0 Å². The number of nitrogens with zero attached hydrogens (tertiary/aromatic N) is 3. The SMILES string of the molecule is CCCC1CCC(N)C(c2c(Br)cnn2CCN(C)C)C1. The Morgan fingerprint density at radius 1 is 1.43 bits per heavy atom. The molecule has 3 unspecified atom stereocenters. The van der Waals surface area contributed by atoms with Crippen LogP contribution in [-0.4, -0.2) is 41.4 Å². The second kappa shape index (κ2) is 7.75. The fourth-order valence-electron chi connectivity index (χ4n) is 3.48. The Hall–Kier alpha value is -0.390. The predicted octanol–water partition coefficient (Wildman–Crippen LogP) is 3.22. The number of halogens is 1. The number of likely N-dealkylation sites (N-methyl/N-ethyl adjacent to an activating group) is 1. The molecule has 5 heteroatoms. The van der Waals surface area contributed by atoms with Gasteiger partial charge < -0.3 is 10.6 Å². The van der Waals surface area contributed by atoms with Crippen LogP contribution in [0.5, 0.6) is 0 Å². The van der Waals surface area contributed by atoms with Crippen molar-refractivity contribution >= 4 is 15.9 Å². The quantitative estimate of drug-likeness (QED) is 0.850. The number of aromatic nitrogens is 2. The van der Waals surface area contributed by atoms with Crippen molar-refractivity contribution in [2.75, 3.05) is 20.6 Å². The first-order valence-corrected chi connectivity index (χ1v) is 8.93. The second-order valence-electron chi connectivity index (χ2n) is 6.64. The van der Waals surface area contributed by atoms with Crippen molar-refractivity contribution in [3.05, 3.63) is 16.4 Å². The lowest BCUT2D eigenvalue weighted by atomic mass is 9.75. The molecule has 1 aliphatic carbocycles. The highest BCUT2D eigenvalue weighted by atomic mass is 79.9. The van der Waals surface area contributed by atoms with E-state index in [-0.39, 0.29) is 6.04 Å². The molecule has 1 aromatic rings. The molecule has 1 aliphatic rings. The van der Waals surface area contributed by atoms with Gasteiger partial charge in [-0.2, -0.15) is 5.10 Å². The molecule has 0 aromatic carbocycles. The van der Waals surface area contributed by atoms with Crippen LogP contribution in [0.2, 0.25) is 0 Å². The van der Waals surface area contributed by atoms with Crippen molar-refractivity contribution in [2.45, 2.75) is 57.5 Å². The van der Waals surface area contributed by atoms with Crippen LogP contribution in [0.4, 0.5) is 0 Å². The number of hydrogen-bond acceptors (Lipinski definition) is 3. The standard InChI is InChI=1S/C16H29BrN4/c1-4-5-12-6-7-15(18)13(10-12)16-14(17)11-19-21(16)9-8-20(2)3/h11-13,15H,4-10,18H2,1-3H3. The van der Waals surface area contributed by atoms with Gasteiger partial charge in [0, 0.05) is 18.5 Å². The summed E-state index contributed by atoms with van der Waals surface area (Å²) >= 11 is 3.69. The van der Waals surface area contributed by atoms with Gasteiger partial charge in [-0.05, 0) is 55.2 Å². The van der Waals surface area contributed by atoms with E-state index in [4.69, 9.17) is 5.73 Å². The summed E-state index contributed by atoms with van der Waals surface area (Å²) in [6.07, 6.45) is 8.17. The Morgan fingerprint density at radius 2 is 2.19 bits per heavy atom. The smallest absolute Gasteiger partial charge is 0.0635 e. The van der Waals surface area contributed by atoms with E-state index in [1.807, 2.05) is 6.20 Å². The van der Waals surface area contributed by atoms with Crippen molar-refractivity contribution in [1.82, 2.24) is 14.7 Å². The molecule has 1 saturated carbocycles. The topological polar surface area (TPSA) is 47.1 Å². The first kappa shape index (κ1) is 17.0. The van der Waals surface area contributed by atoms with E-state index in [0.717, 1.165) is 29.9 Å². The van der Waals surface area contributed by atoms with Gasteiger partial charge in [-0.1, -0.05) is 19.8 Å². The monoisotopic (exact) mass is 356 g/mol. The maximum atomic E-state index is 6.45. The summed E-state index contributed by atoms with van der Waals surface area (Å²) in [6.45, 7) is 4.21. The Bertz CT molecular complexity index is 443. The first-order valence-electron chi connectivity index (χ1n) is 8.14. The van der Waals surface area contributed by atoms with E-state index in [9.17, 15) is 0 Å². The van der Waals surface area contributed by atoms with E-state index in [1.165, 1.54) is 31.4 Å². The van der Waals surface area contributed by atoms with Gasteiger partial charge >= 0.3 is 0 Å². The lowest BCUT2D eigenvalue weighted by Crippen LogP contribution is -2.36. The maximum absolute atomic E-state index is 6.45. The molecule has 3 atom stereocenters. The summed E-state index contributed by atoms with van der Waals surface area (Å²) in [5.74, 6) is 1.26. The molecular formula is C16H29BrN4. The van der Waals surface area contributed by atoms with Gasteiger partial charge in [0.05, 0.1) is 22.9 Å². The van der Waals surface area contributed by atoms with Crippen LogP contribution >= 0.6 is 15.9 Å². The van der Waals surface area contributed by atoms with Gasteiger partial charge in [0.15, 0.2) is 0 Å². The zero-order valence-electron chi connectivity index (χ0n) is 13.6. The average molecular weight is 357 g/mol. The molecule has 21 heavy (non-hydrogen) atoms. The molecule has 1 aromatic heterocycles. The van der Waals surface area contributed by atoms with Gasteiger partial charge in [-0.15, -0.1) is 0 Å². The molecule has 2 rings (SSSR count). The minimum Gasteiger partial charge on any atom is -0.327 e. The minimum atomic E-state index is 0.268. The van der Waals surface area contributed by atoms with Gasteiger partial charge in [0.25, 0.3) is 0 Å². The van der Waals surface area contributed by atoms with Crippen LogP contribution < -0.4 is 5.73 Å². The van der Waals surface area contributed by atoms with E-state index >= 15 is 0 Å². The Balaban J connectivity index is 2.16. The predicted molar refractivity (Wildman–Crippen MR) is 91.4 cm³/mol. The third kappa shape index (κ3) is 4.30. The molecular weight excluding hydrogens is 328 g/mol. The zero-order valence-corrected chi connectivity index (χ0v) is 15.1. The summed E-state index contributed by atoms with van der Waals surface area (Å²) in [5.41, 5.74) is 7.76. The third-order valence-corrected chi connectivity index (χ3v) is 5.26. The summed E-state index contributed by atoms with van der Waals surface area (Å²) < 4.78 is 3.28. The molecule has 1 heterocycles. The summed E-state index contributed by atoms with van der Waals surface area (Å²) in [6, 6.07) is 0.268.